The summed E-state index contributed by atoms with van der Waals surface area (Å²) in [6.07, 6.45) is 0.449. The minimum atomic E-state index is -0.759. The number of anilines is 1. The molecule has 0 spiro atoms. The van der Waals surface area contributed by atoms with Crippen LogP contribution >= 0.6 is 23.2 Å². The van der Waals surface area contributed by atoms with Crippen LogP contribution in [0.3, 0.4) is 0 Å². The molecule has 1 aromatic carbocycles. The fourth-order valence-corrected chi connectivity index (χ4v) is 2.82. The quantitative estimate of drug-likeness (QED) is 0.911. The van der Waals surface area contributed by atoms with Gasteiger partial charge in [0.2, 0.25) is 11.8 Å². The van der Waals surface area contributed by atoms with Crippen molar-refractivity contribution in [1.82, 2.24) is 5.32 Å². The fourth-order valence-electron chi connectivity index (χ4n) is 2.18. The number of nitrogens with one attached hydrogen (secondary N) is 1. The second-order valence-electron chi connectivity index (χ2n) is 4.57. The second kappa shape index (κ2) is 5.58. The highest BCUT2D eigenvalue weighted by atomic mass is 35.5. The molecule has 7 heteroatoms. The predicted octanol–water partition coefficient (Wildman–Crippen LogP) is 2.76. The van der Waals surface area contributed by atoms with E-state index in [2.05, 4.69) is 5.32 Å². The van der Waals surface area contributed by atoms with E-state index in [1.807, 2.05) is 0 Å². The summed E-state index contributed by atoms with van der Waals surface area (Å²) in [4.78, 5) is 25.6. The lowest BCUT2D eigenvalue weighted by molar-refractivity contribution is -0.133. The van der Waals surface area contributed by atoms with Gasteiger partial charge in [0.15, 0.2) is 0 Å². The largest absolute Gasteiger partial charge is 0.343 e. The molecule has 0 radical (unpaired) electrons. The van der Waals surface area contributed by atoms with E-state index >= 15 is 0 Å². The molecular formula is C13H13Cl2FN2O2. The molecule has 108 valence electrons. The van der Waals surface area contributed by atoms with Gasteiger partial charge in [-0.05, 0) is 25.5 Å². The van der Waals surface area contributed by atoms with Gasteiger partial charge in [0, 0.05) is 0 Å². The van der Waals surface area contributed by atoms with Gasteiger partial charge < -0.3 is 5.32 Å². The maximum Gasteiger partial charge on any atom is 0.250 e. The van der Waals surface area contributed by atoms with E-state index in [0.29, 0.717) is 6.42 Å². The third-order valence-corrected chi connectivity index (χ3v) is 3.83. The van der Waals surface area contributed by atoms with Gasteiger partial charge in [0.1, 0.15) is 17.9 Å². The first-order valence-corrected chi connectivity index (χ1v) is 6.90. The Bertz CT molecular complexity index is 556. The Morgan fingerprint density at radius 3 is 2.35 bits per heavy atom. The van der Waals surface area contributed by atoms with Crippen LogP contribution in [0.4, 0.5) is 10.1 Å². The lowest BCUT2D eigenvalue weighted by atomic mass is 10.1. The van der Waals surface area contributed by atoms with Gasteiger partial charge in [0.25, 0.3) is 0 Å². The molecule has 2 rings (SSSR count). The molecule has 0 aliphatic carbocycles. The van der Waals surface area contributed by atoms with Gasteiger partial charge >= 0.3 is 0 Å². The van der Waals surface area contributed by atoms with Gasteiger partial charge in [-0.3, -0.25) is 14.5 Å². The molecule has 1 fully saturated rings. The summed E-state index contributed by atoms with van der Waals surface area (Å²) in [5, 5.41) is 2.62. The van der Waals surface area contributed by atoms with Crippen LogP contribution in [0.2, 0.25) is 10.0 Å². The zero-order valence-corrected chi connectivity index (χ0v) is 12.4. The van der Waals surface area contributed by atoms with Crippen molar-refractivity contribution >= 4 is 40.7 Å². The van der Waals surface area contributed by atoms with Crippen LogP contribution < -0.4 is 10.2 Å². The Morgan fingerprint density at radius 1 is 1.30 bits per heavy atom. The number of hydrogen-bond acceptors (Lipinski definition) is 2. The third kappa shape index (κ3) is 2.47. The van der Waals surface area contributed by atoms with Gasteiger partial charge in [-0.2, -0.15) is 0 Å². The average Bonchev–Trinajstić information content (AvgIpc) is 2.36. The summed E-state index contributed by atoms with van der Waals surface area (Å²) in [7, 11) is 0. The molecule has 4 nitrogen and oxygen atoms in total. The third-order valence-electron chi connectivity index (χ3n) is 3.25. The number of carbonyl (C=O) groups excluding carboxylic acids is 2. The summed E-state index contributed by atoms with van der Waals surface area (Å²) in [5.41, 5.74) is 0.167. The molecule has 1 aliphatic rings. The van der Waals surface area contributed by atoms with E-state index in [9.17, 15) is 14.0 Å². The number of amides is 2. The summed E-state index contributed by atoms with van der Waals surface area (Å²) >= 11 is 12.0. The smallest absolute Gasteiger partial charge is 0.250 e. The van der Waals surface area contributed by atoms with Crippen molar-refractivity contribution in [3.8, 4) is 0 Å². The molecule has 1 saturated heterocycles. The maximum absolute atomic E-state index is 13.2. The SMILES string of the molecule is CCC1NC(=O)C(C)N(c2c(Cl)cc(F)cc2Cl)C1=O. The Balaban J connectivity index is 2.54. The van der Waals surface area contributed by atoms with Crippen molar-refractivity contribution in [3.05, 3.63) is 28.0 Å². The first-order chi connectivity index (χ1) is 9.36. The molecular weight excluding hydrogens is 306 g/mol. The van der Waals surface area contributed by atoms with Gasteiger partial charge in [0.05, 0.1) is 15.7 Å². The van der Waals surface area contributed by atoms with Crippen LogP contribution in [-0.4, -0.2) is 23.9 Å². The van der Waals surface area contributed by atoms with Crippen LogP contribution in [0.15, 0.2) is 12.1 Å². The Labute approximate surface area is 125 Å². The number of halogens is 3. The Hall–Kier alpha value is -1.33. The molecule has 1 aromatic rings. The molecule has 2 amide bonds. The molecule has 1 heterocycles. The standard InChI is InChI=1S/C13H13Cl2FN2O2/c1-3-10-13(20)18(6(2)12(19)17-10)11-8(14)4-7(16)5-9(11)15/h4-6,10H,3H2,1-2H3,(H,17,19). The zero-order valence-electron chi connectivity index (χ0n) is 10.9. The van der Waals surface area contributed by atoms with E-state index in [0.717, 1.165) is 12.1 Å². The average molecular weight is 319 g/mol. The lowest BCUT2D eigenvalue weighted by Crippen LogP contribution is -2.62. The van der Waals surface area contributed by atoms with Gasteiger partial charge in [-0.15, -0.1) is 0 Å². The first-order valence-electron chi connectivity index (χ1n) is 6.14. The lowest BCUT2D eigenvalue weighted by Gasteiger charge is -2.37. The first kappa shape index (κ1) is 15.1. The molecule has 20 heavy (non-hydrogen) atoms. The van der Waals surface area contributed by atoms with Gasteiger partial charge in [-0.1, -0.05) is 30.1 Å². The van der Waals surface area contributed by atoms with E-state index in [-0.39, 0.29) is 27.5 Å². The van der Waals surface area contributed by atoms with Crippen LogP contribution in [0, 0.1) is 5.82 Å². The minimum absolute atomic E-state index is 0.000229. The summed E-state index contributed by atoms with van der Waals surface area (Å²) in [5.74, 6) is -1.21. The van der Waals surface area contributed by atoms with Crippen LogP contribution in [0.1, 0.15) is 20.3 Å². The fraction of sp³-hybridized carbons (Fsp3) is 0.385. The zero-order chi connectivity index (χ0) is 15.0. The molecule has 1 N–H and O–H groups in total. The molecule has 1 aliphatic heterocycles. The number of carbonyl (C=O) groups is 2. The summed E-state index contributed by atoms with van der Waals surface area (Å²) in [6, 6.07) is 0.744. The van der Waals surface area contributed by atoms with E-state index < -0.39 is 17.9 Å². The number of piperazine rings is 1. The molecule has 2 atom stereocenters. The molecule has 0 saturated carbocycles. The number of nitrogens with zero attached hydrogens (tertiary/aromatic N) is 1. The Morgan fingerprint density at radius 2 is 1.85 bits per heavy atom. The maximum atomic E-state index is 13.2. The van der Waals surface area contributed by atoms with Crippen LogP contribution in [-0.2, 0) is 9.59 Å². The van der Waals surface area contributed by atoms with E-state index in [4.69, 9.17) is 23.2 Å². The van der Waals surface area contributed by atoms with Crippen molar-refractivity contribution in [1.29, 1.82) is 0 Å². The Kier molecular flexibility index (Phi) is 4.20. The summed E-state index contributed by atoms with van der Waals surface area (Å²) in [6.45, 7) is 3.35. The van der Waals surface area contributed by atoms with Crippen molar-refractivity contribution in [3.63, 3.8) is 0 Å². The molecule has 2 unspecified atom stereocenters. The van der Waals surface area contributed by atoms with Gasteiger partial charge in [-0.25, -0.2) is 4.39 Å². The van der Waals surface area contributed by atoms with Crippen molar-refractivity contribution in [2.75, 3.05) is 4.90 Å². The highest BCUT2D eigenvalue weighted by molar-refractivity contribution is 6.40. The summed E-state index contributed by atoms with van der Waals surface area (Å²) < 4.78 is 13.2. The number of rotatable bonds is 2. The number of hydrogen-bond donors (Lipinski definition) is 1. The highest BCUT2D eigenvalue weighted by Gasteiger charge is 2.39. The topological polar surface area (TPSA) is 49.4 Å². The van der Waals surface area contributed by atoms with Crippen LogP contribution in [0.5, 0.6) is 0 Å². The van der Waals surface area contributed by atoms with Crippen molar-refractivity contribution < 1.29 is 14.0 Å². The normalized spacial score (nSPS) is 22.9. The second-order valence-corrected chi connectivity index (χ2v) is 5.39. The van der Waals surface area contributed by atoms with Crippen molar-refractivity contribution in [2.24, 2.45) is 0 Å². The monoisotopic (exact) mass is 318 g/mol. The van der Waals surface area contributed by atoms with E-state index in [1.165, 1.54) is 4.90 Å². The number of benzene rings is 1. The molecule has 0 bridgehead atoms. The minimum Gasteiger partial charge on any atom is -0.343 e. The van der Waals surface area contributed by atoms with Crippen LogP contribution in [0.25, 0.3) is 0 Å². The van der Waals surface area contributed by atoms with E-state index in [1.54, 1.807) is 13.8 Å². The highest BCUT2D eigenvalue weighted by Crippen LogP contribution is 2.37. The molecule has 0 aromatic heterocycles. The van der Waals surface area contributed by atoms with Crippen molar-refractivity contribution in [2.45, 2.75) is 32.4 Å². The predicted molar refractivity (Wildman–Crippen MR) is 75.6 cm³/mol.